The average Bonchev–Trinajstić information content (AvgIpc) is 2.20. The monoisotopic (exact) mass is 259 g/mol. The van der Waals surface area contributed by atoms with Crippen LogP contribution in [0.15, 0.2) is 18.2 Å². The van der Waals surface area contributed by atoms with Crippen molar-refractivity contribution in [2.24, 2.45) is 0 Å². The first-order valence-corrected chi connectivity index (χ1v) is 7.08. The van der Waals surface area contributed by atoms with Crippen LogP contribution in [0, 0.1) is 12.7 Å². The molecule has 17 heavy (non-hydrogen) atoms. The Bertz CT molecular complexity index is 526. The van der Waals surface area contributed by atoms with Crippen LogP contribution in [0.3, 0.4) is 0 Å². The number of carbonyl (C=O) groups is 1. The smallest absolute Gasteiger partial charge is 0.254 e. The molecule has 0 spiro atoms. The number of halogens is 1. The molecule has 0 atom stereocenters. The van der Waals surface area contributed by atoms with E-state index in [4.69, 9.17) is 0 Å². The Balaban J connectivity index is 2.68. The molecule has 1 N–H and O–H groups in total. The second-order valence-electron chi connectivity index (χ2n) is 3.82. The van der Waals surface area contributed by atoms with Gasteiger partial charge in [-0.15, -0.1) is 0 Å². The van der Waals surface area contributed by atoms with Crippen molar-refractivity contribution in [1.29, 1.82) is 0 Å². The summed E-state index contributed by atoms with van der Waals surface area (Å²) in [5.41, 5.74) is 0.305. The van der Waals surface area contributed by atoms with Crippen LogP contribution in [0.25, 0.3) is 0 Å². The molecule has 0 radical (unpaired) electrons. The Morgan fingerprint density at radius 2 is 2.06 bits per heavy atom. The highest BCUT2D eigenvalue weighted by atomic mass is 32.2. The molecule has 0 saturated heterocycles. The maximum Gasteiger partial charge on any atom is 0.254 e. The summed E-state index contributed by atoms with van der Waals surface area (Å²) >= 11 is 0. The minimum absolute atomic E-state index is 0.0228. The van der Waals surface area contributed by atoms with Crippen LogP contribution in [0.4, 0.5) is 4.39 Å². The van der Waals surface area contributed by atoms with E-state index in [-0.39, 0.29) is 17.9 Å². The van der Waals surface area contributed by atoms with Crippen LogP contribution < -0.4 is 5.32 Å². The van der Waals surface area contributed by atoms with E-state index < -0.39 is 21.6 Å². The van der Waals surface area contributed by atoms with Crippen molar-refractivity contribution >= 4 is 15.7 Å². The molecule has 0 saturated carbocycles. The zero-order chi connectivity index (χ0) is 13.1. The van der Waals surface area contributed by atoms with E-state index in [9.17, 15) is 17.6 Å². The first-order chi connectivity index (χ1) is 7.81. The van der Waals surface area contributed by atoms with Gasteiger partial charge in [0.1, 0.15) is 15.7 Å². The van der Waals surface area contributed by atoms with E-state index in [0.29, 0.717) is 5.56 Å². The molecule has 0 unspecified atom stereocenters. The number of aryl methyl sites for hydroxylation is 1. The Kier molecular flexibility index (Phi) is 4.22. The number of carbonyl (C=O) groups excluding carboxylic acids is 1. The molecule has 1 amide bonds. The first kappa shape index (κ1) is 13.6. The molecular weight excluding hydrogens is 245 g/mol. The van der Waals surface area contributed by atoms with E-state index in [1.165, 1.54) is 6.07 Å². The normalized spacial score (nSPS) is 11.2. The van der Waals surface area contributed by atoms with Gasteiger partial charge in [-0.05, 0) is 18.6 Å². The molecule has 0 aromatic heterocycles. The molecule has 94 valence electrons. The first-order valence-electron chi connectivity index (χ1n) is 5.02. The summed E-state index contributed by atoms with van der Waals surface area (Å²) in [5.74, 6) is -1.34. The minimum Gasteiger partial charge on any atom is -0.351 e. The van der Waals surface area contributed by atoms with Crippen molar-refractivity contribution in [2.75, 3.05) is 18.6 Å². The maximum atomic E-state index is 13.5. The van der Waals surface area contributed by atoms with Crippen molar-refractivity contribution < 1.29 is 17.6 Å². The topological polar surface area (TPSA) is 63.2 Å². The molecule has 4 nitrogen and oxygen atoms in total. The van der Waals surface area contributed by atoms with Crippen molar-refractivity contribution in [3.63, 3.8) is 0 Å². The molecule has 0 aliphatic carbocycles. The Morgan fingerprint density at radius 3 is 2.65 bits per heavy atom. The van der Waals surface area contributed by atoms with Crippen molar-refractivity contribution in [3.05, 3.63) is 35.1 Å². The van der Waals surface area contributed by atoms with Gasteiger partial charge in [0.25, 0.3) is 5.91 Å². The quantitative estimate of drug-likeness (QED) is 0.874. The van der Waals surface area contributed by atoms with Crippen LogP contribution >= 0.6 is 0 Å². The van der Waals surface area contributed by atoms with E-state index in [2.05, 4.69) is 5.32 Å². The number of hydrogen-bond donors (Lipinski definition) is 1. The standard InChI is InChI=1S/C11H14FNO3S/c1-8-4-3-5-9(10(8)12)11(14)13-6-7-17(2,15)16/h3-5H,6-7H2,1-2H3,(H,13,14). The molecule has 0 bridgehead atoms. The molecule has 0 heterocycles. The highest BCUT2D eigenvalue weighted by Gasteiger charge is 2.13. The van der Waals surface area contributed by atoms with E-state index in [0.717, 1.165) is 6.26 Å². The SMILES string of the molecule is Cc1cccc(C(=O)NCCS(C)(=O)=O)c1F. The number of benzene rings is 1. The van der Waals surface area contributed by atoms with Gasteiger partial charge in [0.05, 0.1) is 11.3 Å². The molecule has 1 aromatic carbocycles. The van der Waals surface area contributed by atoms with Gasteiger partial charge < -0.3 is 5.32 Å². The minimum atomic E-state index is -3.13. The Morgan fingerprint density at radius 1 is 1.41 bits per heavy atom. The third-order valence-corrected chi connectivity index (χ3v) is 3.14. The summed E-state index contributed by atoms with van der Waals surface area (Å²) in [6.45, 7) is 1.54. The molecule has 1 rings (SSSR count). The Labute approximate surface area is 99.8 Å². The van der Waals surface area contributed by atoms with E-state index in [1.54, 1.807) is 19.1 Å². The molecule has 6 heteroatoms. The second kappa shape index (κ2) is 5.27. The van der Waals surface area contributed by atoms with Crippen LogP contribution in [-0.2, 0) is 9.84 Å². The van der Waals surface area contributed by atoms with Crippen LogP contribution in [0.2, 0.25) is 0 Å². The molecule has 0 aliphatic rings. The predicted octanol–water partition coefficient (Wildman–Crippen LogP) is 0.909. The van der Waals surface area contributed by atoms with Crippen LogP contribution in [0.5, 0.6) is 0 Å². The van der Waals surface area contributed by atoms with E-state index >= 15 is 0 Å². The van der Waals surface area contributed by atoms with Gasteiger partial charge in [-0.25, -0.2) is 12.8 Å². The van der Waals surface area contributed by atoms with Gasteiger partial charge in [0, 0.05) is 12.8 Å². The van der Waals surface area contributed by atoms with Gasteiger partial charge in [-0.2, -0.15) is 0 Å². The largest absolute Gasteiger partial charge is 0.351 e. The third-order valence-electron chi connectivity index (χ3n) is 2.19. The van der Waals surface area contributed by atoms with Gasteiger partial charge in [-0.3, -0.25) is 4.79 Å². The fourth-order valence-electron chi connectivity index (χ4n) is 1.27. The second-order valence-corrected chi connectivity index (χ2v) is 6.08. The highest BCUT2D eigenvalue weighted by Crippen LogP contribution is 2.11. The van der Waals surface area contributed by atoms with Crippen molar-refractivity contribution in [2.45, 2.75) is 6.92 Å². The lowest BCUT2D eigenvalue weighted by Gasteiger charge is -2.06. The number of nitrogens with one attached hydrogen (secondary N) is 1. The van der Waals surface area contributed by atoms with E-state index in [1.807, 2.05) is 0 Å². The zero-order valence-corrected chi connectivity index (χ0v) is 10.5. The molecule has 1 aromatic rings. The van der Waals surface area contributed by atoms with Gasteiger partial charge in [0.2, 0.25) is 0 Å². The summed E-state index contributed by atoms with van der Waals surface area (Å²) in [7, 11) is -3.13. The van der Waals surface area contributed by atoms with Crippen LogP contribution in [0.1, 0.15) is 15.9 Å². The average molecular weight is 259 g/mol. The zero-order valence-electron chi connectivity index (χ0n) is 9.66. The predicted molar refractivity (Wildman–Crippen MR) is 63.2 cm³/mol. The lowest BCUT2D eigenvalue weighted by Crippen LogP contribution is -2.29. The lowest BCUT2D eigenvalue weighted by molar-refractivity contribution is 0.0952. The fraction of sp³-hybridized carbons (Fsp3) is 0.364. The third kappa shape index (κ3) is 4.14. The van der Waals surface area contributed by atoms with Crippen LogP contribution in [-0.4, -0.2) is 32.9 Å². The summed E-state index contributed by atoms with van der Waals surface area (Å²) in [4.78, 5) is 11.6. The molecule has 0 aliphatic heterocycles. The summed E-state index contributed by atoms with van der Waals surface area (Å²) in [5, 5.41) is 2.37. The summed E-state index contributed by atoms with van der Waals surface area (Å²) < 4.78 is 35.2. The van der Waals surface area contributed by atoms with Gasteiger partial charge >= 0.3 is 0 Å². The number of sulfone groups is 1. The van der Waals surface area contributed by atoms with Gasteiger partial charge in [-0.1, -0.05) is 12.1 Å². The van der Waals surface area contributed by atoms with Crippen molar-refractivity contribution in [1.82, 2.24) is 5.32 Å². The molecular formula is C11H14FNO3S. The number of amides is 1. The summed E-state index contributed by atoms with van der Waals surface area (Å²) in [6.07, 6.45) is 1.08. The Hall–Kier alpha value is -1.43. The lowest BCUT2D eigenvalue weighted by atomic mass is 10.1. The highest BCUT2D eigenvalue weighted by molar-refractivity contribution is 7.90. The van der Waals surface area contributed by atoms with Gasteiger partial charge in [0.15, 0.2) is 0 Å². The maximum absolute atomic E-state index is 13.5. The van der Waals surface area contributed by atoms with Crippen molar-refractivity contribution in [3.8, 4) is 0 Å². The number of hydrogen-bond acceptors (Lipinski definition) is 3. The fourth-order valence-corrected chi connectivity index (χ4v) is 1.74. The number of rotatable bonds is 4. The summed E-state index contributed by atoms with van der Waals surface area (Å²) in [6, 6.07) is 4.49. The molecule has 0 fully saturated rings.